The zero-order valence-electron chi connectivity index (χ0n) is 10.2. The van der Waals surface area contributed by atoms with Crippen molar-refractivity contribution in [2.24, 2.45) is 0 Å². The molecule has 0 aliphatic heterocycles. The molecule has 0 atom stereocenters. The smallest absolute Gasteiger partial charge is 0.256 e. The third kappa shape index (κ3) is 2.76. The Labute approximate surface area is 114 Å². The Hall–Kier alpha value is -1.68. The van der Waals surface area contributed by atoms with Crippen molar-refractivity contribution in [3.05, 3.63) is 57.8 Å². The molecule has 1 N–H and O–H groups in total. The molecule has 0 saturated carbocycles. The van der Waals surface area contributed by atoms with Crippen LogP contribution in [0.2, 0.25) is 0 Å². The van der Waals surface area contributed by atoms with E-state index in [1.54, 1.807) is 18.5 Å². The summed E-state index contributed by atoms with van der Waals surface area (Å²) >= 11 is 3.42. The predicted octanol–water partition coefficient (Wildman–Crippen LogP) is 3.71. The molecule has 0 bridgehead atoms. The Morgan fingerprint density at radius 2 is 2.06 bits per heavy atom. The molecule has 0 fully saturated rings. The number of halogens is 1. The molecular weight excluding hydrogens is 292 g/mol. The van der Waals surface area contributed by atoms with Crippen molar-refractivity contribution in [2.45, 2.75) is 13.8 Å². The molecule has 2 rings (SSSR count). The average molecular weight is 305 g/mol. The summed E-state index contributed by atoms with van der Waals surface area (Å²) in [5.41, 5.74) is 3.31. The van der Waals surface area contributed by atoms with Crippen molar-refractivity contribution in [1.82, 2.24) is 4.98 Å². The van der Waals surface area contributed by atoms with Gasteiger partial charge in [0.2, 0.25) is 0 Å². The molecule has 4 heteroatoms. The molecule has 3 nitrogen and oxygen atoms in total. The van der Waals surface area contributed by atoms with Gasteiger partial charge < -0.3 is 5.32 Å². The number of pyridine rings is 1. The van der Waals surface area contributed by atoms with Gasteiger partial charge in [0.25, 0.3) is 5.91 Å². The van der Waals surface area contributed by atoms with Crippen LogP contribution in [0.1, 0.15) is 21.5 Å². The highest BCUT2D eigenvalue weighted by atomic mass is 79.9. The first kappa shape index (κ1) is 12.8. The van der Waals surface area contributed by atoms with Crippen molar-refractivity contribution in [2.75, 3.05) is 5.32 Å². The molecule has 18 heavy (non-hydrogen) atoms. The monoisotopic (exact) mass is 304 g/mol. The summed E-state index contributed by atoms with van der Waals surface area (Å²) in [5, 5.41) is 2.84. The lowest BCUT2D eigenvalue weighted by Gasteiger charge is -2.08. The summed E-state index contributed by atoms with van der Waals surface area (Å²) in [7, 11) is 0. The number of aryl methyl sites for hydroxylation is 1. The summed E-state index contributed by atoms with van der Waals surface area (Å²) in [6.45, 7) is 3.85. The topological polar surface area (TPSA) is 42.0 Å². The number of aromatic nitrogens is 1. The molecular formula is C14H13BrN2O. The molecule has 92 valence electrons. The zero-order chi connectivity index (χ0) is 13.1. The van der Waals surface area contributed by atoms with E-state index in [9.17, 15) is 4.79 Å². The molecule has 0 spiro atoms. The van der Waals surface area contributed by atoms with E-state index in [0.29, 0.717) is 11.3 Å². The number of benzene rings is 1. The Balaban J connectivity index is 2.25. The minimum atomic E-state index is -0.124. The first-order chi connectivity index (χ1) is 8.58. The Morgan fingerprint density at radius 3 is 2.78 bits per heavy atom. The number of carbonyl (C=O) groups is 1. The maximum atomic E-state index is 12.1. The summed E-state index contributed by atoms with van der Waals surface area (Å²) < 4.78 is 0.928. The van der Waals surface area contributed by atoms with Crippen LogP contribution in [0.5, 0.6) is 0 Å². The largest absolute Gasteiger partial charge is 0.321 e. The van der Waals surface area contributed by atoms with Gasteiger partial charge in [-0.15, -0.1) is 0 Å². The van der Waals surface area contributed by atoms with Crippen LogP contribution in [-0.2, 0) is 0 Å². The van der Waals surface area contributed by atoms with Gasteiger partial charge in [0.05, 0.1) is 11.9 Å². The maximum Gasteiger partial charge on any atom is 0.256 e. The van der Waals surface area contributed by atoms with Crippen LogP contribution in [0.25, 0.3) is 0 Å². The number of hydrogen-bond donors (Lipinski definition) is 1. The molecule has 2 aromatic rings. The number of carbonyl (C=O) groups excluding carboxylic acids is 1. The minimum Gasteiger partial charge on any atom is -0.321 e. The number of nitrogens with zero attached hydrogens (tertiary/aromatic N) is 1. The van der Waals surface area contributed by atoms with Gasteiger partial charge in [0, 0.05) is 16.2 Å². The van der Waals surface area contributed by atoms with Crippen LogP contribution in [0, 0.1) is 13.8 Å². The van der Waals surface area contributed by atoms with Crippen LogP contribution < -0.4 is 5.32 Å². The highest BCUT2D eigenvalue weighted by Crippen LogP contribution is 2.20. The first-order valence-corrected chi connectivity index (χ1v) is 6.35. The molecule has 0 radical (unpaired) electrons. The van der Waals surface area contributed by atoms with E-state index in [4.69, 9.17) is 0 Å². The van der Waals surface area contributed by atoms with Crippen LogP contribution >= 0.6 is 15.9 Å². The molecule has 1 amide bonds. The lowest BCUT2D eigenvalue weighted by molar-refractivity contribution is 0.102. The standard InChI is InChI=1S/C14H13BrN2O/c1-9-6-11(8-16-7-9)17-14(18)12-4-3-5-13(15)10(12)2/h3-8H,1-2H3,(H,17,18). The third-order valence-corrected chi connectivity index (χ3v) is 3.50. The van der Waals surface area contributed by atoms with Crippen LogP contribution in [-0.4, -0.2) is 10.9 Å². The van der Waals surface area contributed by atoms with Gasteiger partial charge in [-0.25, -0.2) is 0 Å². The number of nitrogens with one attached hydrogen (secondary N) is 1. The Kier molecular flexibility index (Phi) is 3.77. The van der Waals surface area contributed by atoms with Crippen molar-refractivity contribution in [3.63, 3.8) is 0 Å². The van der Waals surface area contributed by atoms with Gasteiger partial charge in [-0.3, -0.25) is 9.78 Å². The fourth-order valence-electron chi connectivity index (χ4n) is 1.68. The lowest BCUT2D eigenvalue weighted by Crippen LogP contribution is -2.13. The van der Waals surface area contributed by atoms with Crippen LogP contribution in [0.15, 0.2) is 41.1 Å². The molecule has 0 aliphatic carbocycles. The Bertz CT molecular complexity index is 596. The van der Waals surface area contributed by atoms with Crippen molar-refractivity contribution < 1.29 is 4.79 Å². The van der Waals surface area contributed by atoms with Gasteiger partial charge in [0.1, 0.15) is 0 Å². The maximum absolute atomic E-state index is 12.1. The van der Waals surface area contributed by atoms with Gasteiger partial charge in [-0.05, 0) is 43.2 Å². The normalized spacial score (nSPS) is 10.2. The number of hydrogen-bond acceptors (Lipinski definition) is 2. The third-order valence-electron chi connectivity index (χ3n) is 2.65. The van der Waals surface area contributed by atoms with Crippen molar-refractivity contribution in [1.29, 1.82) is 0 Å². The van der Waals surface area contributed by atoms with E-state index < -0.39 is 0 Å². The average Bonchev–Trinajstić information content (AvgIpc) is 2.32. The van der Waals surface area contributed by atoms with E-state index in [0.717, 1.165) is 15.6 Å². The fourth-order valence-corrected chi connectivity index (χ4v) is 2.04. The summed E-state index contributed by atoms with van der Waals surface area (Å²) in [4.78, 5) is 16.2. The van der Waals surface area contributed by atoms with E-state index >= 15 is 0 Å². The number of anilines is 1. The highest BCUT2D eigenvalue weighted by molar-refractivity contribution is 9.10. The molecule has 1 heterocycles. The van der Waals surface area contributed by atoms with Crippen LogP contribution in [0.3, 0.4) is 0 Å². The summed E-state index contributed by atoms with van der Waals surface area (Å²) in [5.74, 6) is -0.124. The summed E-state index contributed by atoms with van der Waals surface area (Å²) in [6, 6.07) is 7.46. The van der Waals surface area contributed by atoms with Crippen LogP contribution in [0.4, 0.5) is 5.69 Å². The summed E-state index contributed by atoms with van der Waals surface area (Å²) in [6.07, 6.45) is 3.39. The van der Waals surface area contributed by atoms with Crippen molar-refractivity contribution >= 4 is 27.5 Å². The van der Waals surface area contributed by atoms with Gasteiger partial charge in [-0.1, -0.05) is 22.0 Å². The molecule has 1 aromatic carbocycles. The fraction of sp³-hybridized carbons (Fsp3) is 0.143. The van der Waals surface area contributed by atoms with Gasteiger partial charge in [-0.2, -0.15) is 0 Å². The number of rotatable bonds is 2. The predicted molar refractivity (Wildman–Crippen MR) is 75.8 cm³/mol. The van der Waals surface area contributed by atoms with E-state index in [1.807, 2.05) is 32.0 Å². The first-order valence-electron chi connectivity index (χ1n) is 5.56. The van der Waals surface area contributed by atoms with Crippen molar-refractivity contribution in [3.8, 4) is 0 Å². The lowest BCUT2D eigenvalue weighted by atomic mass is 10.1. The second kappa shape index (κ2) is 5.31. The quantitative estimate of drug-likeness (QED) is 0.919. The van der Waals surface area contributed by atoms with E-state index in [2.05, 4.69) is 26.2 Å². The molecule has 0 unspecified atom stereocenters. The van der Waals surface area contributed by atoms with Gasteiger partial charge >= 0.3 is 0 Å². The second-order valence-electron chi connectivity index (χ2n) is 4.12. The molecule has 0 saturated heterocycles. The van der Waals surface area contributed by atoms with E-state index in [-0.39, 0.29) is 5.91 Å². The molecule has 0 aliphatic rings. The SMILES string of the molecule is Cc1cncc(NC(=O)c2cccc(Br)c2C)c1. The van der Waals surface area contributed by atoms with E-state index in [1.165, 1.54) is 0 Å². The molecule has 1 aromatic heterocycles. The van der Waals surface area contributed by atoms with Gasteiger partial charge in [0.15, 0.2) is 0 Å². The number of amides is 1. The highest BCUT2D eigenvalue weighted by Gasteiger charge is 2.10. The minimum absolute atomic E-state index is 0.124. The zero-order valence-corrected chi connectivity index (χ0v) is 11.8. The Morgan fingerprint density at radius 1 is 1.28 bits per heavy atom. The second-order valence-corrected chi connectivity index (χ2v) is 4.97.